The molecular formula is C11H14N2O2. The first-order valence-electron chi connectivity index (χ1n) is 5.06. The third kappa shape index (κ3) is 2.46. The Hall–Kier alpha value is -1.58. The highest BCUT2D eigenvalue weighted by Gasteiger charge is 2.11. The number of hydrogen-bond acceptors (Lipinski definition) is 3. The zero-order valence-corrected chi connectivity index (χ0v) is 8.72. The van der Waals surface area contributed by atoms with Gasteiger partial charge >= 0.3 is 0 Å². The molecule has 1 aromatic rings. The van der Waals surface area contributed by atoms with E-state index < -0.39 is 0 Å². The smallest absolute Gasteiger partial charge is 0.256 e. The van der Waals surface area contributed by atoms with Crippen LogP contribution in [0.25, 0.3) is 0 Å². The van der Waals surface area contributed by atoms with Gasteiger partial charge in [0, 0.05) is 7.05 Å². The molecule has 0 bridgehead atoms. The molecule has 1 aliphatic rings. The van der Waals surface area contributed by atoms with E-state index >= 15 is 0 Å². The molecule has 0 saturated carbocycles. The van der Waals surface area contributed by atoms with Crippen molar-refractivity contribution in [2.75, 3.05) is 6.61 Å². The summed E-state index contributed by atoms with van der Waals surface area (Å²) < 4.78 is 6.88. The molecule has 0 aliphatic heterocycles. The summed E-state index contributed by atoms with van der Waals surface area (Å²) >= 11 is 0. The number of nitrogens with zero attached hydrogens (tertiary/aromatic N) is 2. The standard InChI is InChI=1S/C11H14N2O2/c1-13-8-12-10(6-11(13)14)15-7-9-4-2-3-5-9/h2-3,6,8-9H,4-5,7H2,1H3. The van der Waals surface area contributed by atoms with Crippen LogP contribution in [0.5, 0.6) is 5.88 Å². The molecule has 0 N–H and O–H groups in total. The molecule has 0 fully saturated rings. The van der Waals surface area contributed by atoms with Gasteiger partial charge in [0.15, 0.2) is 0 Å². The van der Waals surface area contributed by atoms with Gasteiger partial charge in [-0.15, -0.1) is 0 Å². The summed E-state index contributed by atoms with van der Waals surface area (Å²) in [6, 6.07) is 1.42. The molecule has 0 radical (unpaired) electrons. The minimum absolute atomic E-state index is 0.0930. The van der Waals surface area contributed by atoms with E-state index in [1.165, 1.54) is 17.0 Å². The zero-order chi connectivity index (χ0) is 10.7. The fourth-order valence-corrected chi connectivity index (χ4v) is 1.54. The molecule has 1 heterocycles. The first-order chi connectivity index (χ1) is 7.25. The molecule has 0 aromatic carbocycles. The van der Waals surface area contributed by atoms with Crippen LogP contribution in [-0.4, -0.2) is 16.2 Å². The predicted molar refractivity (Wildman–Crippen MR) is 56.8 cm³/mol. The predicted octanol–water partition coefficient (Wildman–Crippen LogP) is 1.13. The lowest BCUT2D eigenvalue weighted by Gasteiger charge is -2.10. The van der Waals surface area contributed by atoms with Crippen molar-refractivity contribution in [2.45, 2.75) is 12.8 Å². The van der Waals surface area contributed by atoms with Crippen molar-refractivity contribution in [3.05, 3.63) is 34.9 Å². The molecule has 0 saturated heterocycles. The maximum atomic E-state index is 11.3. The highest BCUT2D eigenvalue weighted by Crippen LogP contribution is 2.18. The molecule has 2 rings (SSSR count). The quantitative estimate of drug-likeness (QED) is 0.696. The van der Waals surface area contributed by atoms with E-state index in [0.717, 1.165) is 12.8 Å². The van der Waals surface area contributed by atoms with E-state index in [4.69, 9.17) is 4.74 Å². The van der Waals surface area contributed by atoms with Crippen LogP contribution in [-0.2, 0) is 7.05 Å². The Kier molecular flexibility index (Phi) is 2.85. The van der Waals surface area contributed by atoms with E-state index in [9.17, 15) is 4.79 Å². The molecule has 1 aromatic heterocycles. The van der Waals surface area contributed by atoms with E-state index in [0.29, 0.717) is 18.4 Å². The van der Waals surface area contributed by atoms with Crippen LogP contribution >= 0.6 is 0 Å². The minimum atomic E-state index is -0.0930. The monoisotopic (exact) mass is 206 g/mol. The summed E-state index contributed by atoms with van der Waals surface area (Å²) in [5.41, 5.74) is -0.0930. The van der Waals surface area contributed by atoms with Gasteiger partial charge in [-0.1, -0.05) is 12.2 Å². The Bertz CT molecular complexity index is 415. The minimum Gasteiger partial charge on any atom is -0.477 e. The number of aromatic nitrogens is 2. The number of aryl methyl sites for hydroxylation is 1. The van der Waals surface area contributed by atoms with Crippen molar-refractivity contribution in [1.82, 2.24) is 9.55 Å². The van der Waals surface area contributed by atoms with Gasteiger partial charge in [-0.05, 0) is 18.8 Å². The maximum absolute atomic E-state index is 11.3. The SMILES string of the molecule is Cn1cnc(OCC2CC=CC2)cc1=O. The lowest BCUT2D eigenvalue weighted by atomic mass is 10.1. The van der Waals surface area contributed by atoms with E-state index in [1.807, 2.05) is 0 Å². The number of rotatable bonds is 3. The lowest BCUT2D eigenvalue weighted by molar-refractivity contribution is 0.246. The summed E-state index contributed by atoms with van der Waals surface area (Å²) in [4.78, 5) is 15.3. The molecule has 4 nitrogen and oxygen atoms in total. The van der Waals surface area contributed by atoms with Crippen LogP contribution < -0.4 is 10.3 Å². The van der Waals surface area contributed by atoms with Gasteiger partial charge in [-0.2, -0.15) is 0 Å². The van der Waals surface area contributed by atoms with Crippen molar-refractivity contribution in [3.63, 3.8) is 0 Å². The van der Waals surface area contributed by atoms with Crippen molar-refractivity contribution in [3.8, 4) is 5.88 Å². The molecule has 0 spiro atoms. The van der Waals surface area contributed by atoms with Crippen LogP contribution in [0, 0.1) is 5.92 Å². The van der Waals surface area contributed by atoms with Crippen LogP contribution in [0.4, 0.5) is 0 Å². The summed E-state index contributed by atoms with van der Waals surface area (Å²) in [6.45, 7) is 0.632. The van der Waals surface area contributed by atoms with Gasteiger partial charge in [0.05, 0.1) is 12.7 Å². The first-order valence-corrected chi connectivity index (χ1v) is 5.06. The molecule has 0 atom stereocenters. The molecular weight excluding hydrogens is 192 g/mol. The van der Waals surface area contributed by atoms with Crippen molar-refractivity contribution < 1.29 is 4.74 Å². The largest absolute Gasteiger partial charge is 0.477 e. The highest BCUT2D eigenvalue weighted by molar-refractivity contribution is 5.06. The Morgan fingerprint density at radius 1 is 1.53 bits per heavy atom. The highest BCUT2D eigenvalue weighted by atomic mass is 16.5. The van der Waals surface area contributed by atoms with Crippen LogP contribution in [0.15, 0.2) is 29.3 Å². The zero-order valence-electron chi connectivity index (χ0n) is 8.72. The summed E-state index contributed by atoms with van der Waals surface area (Å²) in [7, 11) is 1.67. The van der Waals surface area contributed by atoms with E-state index in [2.05, 4.69) is 17.1 Å². The fraction of sp³-hybridized carbons (Fsp3) is 0.455. The van der Waals surface area contributed by atoms with Crippen LogP contribution in [0.2, 0.25) is 0 Å². The van der Waals surface area contributed by atoms with Gasteiger partial charge < -0.3 is 9.30 Å². The second-order valence-corrected chi connectivity index (χ2v) is 3.80. The fourth-order valence-electron chi connectivity index (χ4n) is 1.54. The maximum Gasteiger partial charge on any atom is 0.256 e. The molecule has 1 aliphatic carbocycles. The van der Waals surface area contributed by atoms with Crippen molar-refractivity contribution in [1.29, 1.82) is 0 Å². The Balaban J connectivity index is 1.93. The average molecular weight is 206 g/mol. The van der Waals surface area contributed by atoms with Gasteiger partial charge in [0.25, 0.3) is 5.56 Å². The molecule has 4 heteroatoms. The van der Waals surface area contributed by atoms with Crippen molar-refractivity contribution >= 4 is 0 Å². The van der Waals surface area contributed by atoms with Gasteiger partial charge in [-0.25, -0.2) is 4.98 Å². The Labute approximate surface area is 88.2 Å². The van der Waals surface area contributed by atoms with Gasteiger partial charge in [-0.3, -0.25) is 4.79 Å². The van der Waals surface area contributed by atoms with Crippen LogP contribution in [0.3, 0.4) is 0 Å². The topological polar surface area (TPSA) is 44.1 Å². The molecule has 15 heavy (non-hydrogen) atoms. The summed E-state index contributed by atoms with van der Waals surface area (Å²) in [5.74, 6) is 0.959. The van der Waals surface area contributed by atoms with Gasteiger partial charge in [0.2, 0.25) is 5.88 Å². The average Bonchev–Trinajstić information content (AvgIpc) is 2.73. The Morgan fingerprint density at radius 2 is 2.27 bits per heavy atom. The van der Waals surface area contributed by atoms with Crippen molar-refractivity contribution in [2.24, 2.45) is 13.0 Å². The molecule has 0 amide bonds. The first kappa shape index (κ1) is 9.96. The van der Waals surface area contributed by atoms with E-state index in [-0.39, 0.29) is 5.56 Å². The normalized spacial score (nSPS) is 15.8. The van der Waals surface area contributed by atoms with E-state index in [1.54, 1.807) is 7.05 Å². The number of ether oxygens (including phenoxy) is 1. The second kappa shape index (κ2) is 4.29. The Morgan fingerprint density at radius 3 is 2.93 bits per heavy atom. The second-order valence-electron chi connectivity index (χ2n) is 3.80. The number of hydrogen-bond donors (Lipinski definition) is 0. The lowest BCUT2D eigenvalue weighted by Crippen LogP contribution is -2.17. The number of allylic oxidation sites excluding steroid dienone is 2. The van der Waals surface area contributed by atoms with Crippen LogP contribution in [0.1, 0.15) is 12.8 Å². The third-order valence-corrected chi connectivity index (χ3v) is 2.53. The summed E-state index contributed by atoms with van der Waals surface area (Å²) in [5, 5.41) is 0. The summed E-state index contributed by atoms with van der Waals surface area (Å²) in [6.07, 6.45) is 7.91. The molecule has 0 unspecified atom stereocenters. The molecule has 80 valence electrons. The van der Waals surface area contributed by atoms with Gasteiger partial charge in [0.1, 0.15) is 6.33 Å². The third-order valence-electron chi connectivity index (χ3n) is 2.53.